The Bertz CT molecular complexity index is 693. The highest BCUT2D eigenvalue weighted by Gasteiger charge is 2.21. The van der Waals surface area contributed by atoms with Crippen molar-refractivity contribution in [1.29, 1.82) is 0 Å². The molecule has 0 aromatic carbocycles. The molecule has 1 amide bonds. The number of rotatable bonds is 10. The largest absolute Gasteiger partial charge is 0.379 e. The van der Waals surface area contributed by atoms with Crippen LogP contribution in [0.3, 0.4) is 0 Å². The molecule has 0 saturated carbocycles. The van der Waals surface area contributed by atoms with Gasteiger partial charge in [-0.1, -0.05) is 32.6 Å². The van der Waals surface area contributed by atoms with E-state index in [4.69, 9.17) is 4.74 Å². The topological polar surface area (TPSA) is 72.6 Å². The molecule has 0 atom stereocenters. The maximum absolute atomic E-state index is 13.1. The van der Waals surface area contributed by atoms with Crippen LogP contribution in [-0.4, -0.2) is 76.0 Å². The van der Waals surface area contributed by atoms with Crippen molar-refractivity contribution in [2.24, 2.45) is 0 Å². The van der Waals surface area contributed by atoms with Crippen LogP contribution in [-0.2, 0) is 29.0 Å². The molecule has 1 aromatic rings. The molecule has 0 radical (unpaired) electrons. The van der Waals surface area contributed by atoms with Crippen LogP contribution in [0.5, 0.6) is 0 Å². The van der Waals surface area contributed by atoms with E-state index in [0.29, 0.717) is 6.54 Å². The number of carbonyl (C=O) groups is 1. The minimum absolute atomic E-state index is 0.00474. The van der Waals surface area contributed by atoms with E-state index in [1.165, 1.54) is 17.5 Å². The van der Waals surface area contributed by atoms with Crippen LogP contribution in [0.2, 0.25) is 0 Å². The Kier molecular flexibility index (Phi) is 8.73. The first-order chi connectivity index (χ1) is 14.2. The lowest BCUT2D eigenvalue weighted by Gasteiger charge is -2.30. The van der Waals surface area contributed by atoms with E-state index in [1.54, 1.807) is 4.57 Å². The fraction of sp³-hybridized carbons (Fsp3) is 0.857. The molecular formula is C21H37N5O3. The number of hydrogen-bond acceptors (Lipinski definition) is 5. The van der Waals surface area contributed by atoms with Gasteiger partial charge in [0.2, 0.25) is 5.91 Å². The second-order valence-electron chi connectivity index (χ2n) is 8.21. The zero-order valence-electron chi connectivity index (χ0n) is 18.0. The lowest BCUT2D eigenvalue weighted by Crippen LogP contribution is -2.44. The zero-order chi connectivity index (χ0) is 20.5. The minimum Gasteiger partial charge on any atom is -0.379 e. The van der Waals surface area contributed by atoms with Gasteiger partial charge >= 0.3 is 5.69 Å². The van der Waals surface area contributed by atoms with Crippen molar-refractivity contribution >= 4 is 5.91 Å². The van der Waals surface area contributed by atoms with Gasteiger partial charge in [0.25, 0.3) is 0 Å². The number of hydrogen-bond donors (Lipinski definition) is 0. The summed E-state index contributed by atoms with van der Waals surface area (Å²) in [4.78, 5) is 30.0. The van der Waals surface area contributed by atoms with E-state index in [2.05, 4.69) is 16.9 Å². The summed E-state index contributed by atoms with van der Waals surface area (Å²) in [5.41, 5.74) is -0.130. The van der Waals surface area contributed by atoms with Crippen molar-refractivity contribution in [3.05, 3.63) is 16.3 Å². The molecule has 1 fully saturated rings. The zero-order valence-corrected chi connectivity index (χ0v) is 18.0. The average Bonchev–Trinajstić information content (AvgIpc) is 2.89. The summed E-state index contributed by atoms with van der Waals surface area (Å²) in [6.45, 7) is 8.65. The monoisotopic (exact) mass is 407 g/mol. The van der Waals surface area contributed by atoms with Gasteiger partial charge in [-0.2, -0.15) is 5.10 Å². The molecule has 1 saturated heterocycles. The SMILES string of the molecule is CCCCCCN(CCN1CCOCC1)C(=O)Cn1nc2n(c1=O)CCCCC2. The molecule has 0 bridgehead atoms. The fourth-order valence-corrected chi connectivity index (χ4v) is 4.13. The summed E-state index contributed by atoms with van der Waals surface area (Å²) >= 11 is 0. The molecule has 0 N–H and O–H groups in total. The molecule has 164 valence electrons. The fourth-order valence-electron chi connectivity index (χ4n) is 4.13. The molecule has 3 rings (SSSR count). The van der Waals surface area contributed by atoms with Crippen molar-refractivity contribution < 1.29 is 9.53 Å². The highest BCUT2D eigenvalue weighted by Crippen LogP contribution is 2.10. The Morgan fingerprint density at radius 2 is 1.90 bits per heavy atom. The summed E-state index contributed by atoms with van der Waals surface area (Å²) in [6, 6.07) is 0. The predicted molar refractivity (Wildman–Crippen MR) is 112 cm³/mol. The Labute approximate surface area is 173 Å². The second-order valence-corrected chi connectivity index (χ2v) is 8.21. The first kappa shape index (κ1) is 22.0. The Hall–Kier alpha value is -1.67. The van der Waals surface area contributed by atoms with Gasteiger partial charge in [-0.05, 0) is 19.3 Å². The normalized spacial score (nSPS) is 17.7. The predicted octanol–water partition coefficient (Wildman–Crippen LogP) is 1.51. The highest BCUT2D eigenvalue weighted by atomic mass is 16.5. The van der Waals surface area contributed by atoms with Crippen LogP contribution in [0.25, 0.3) is 0 Å². The second kappa shape index (κ2) is 11.5. The summed E-state index contributed by atoms with van der Waals surface area (Å²) in [5.74, 6) is 0.841. The van der Waals surface area contributed by atoms with Gasteiger partial charge in [0.05, 0.1) is 13.2 Å². The number of morpholine rings is 1. The van der Waals surface area contributed by atoms with Crippen LogP contribution in [0.1, 0.15) is 57.7 Å². The Morgan fingerprint density at radius 3 is 2.69 bits per heavy atom. The summed E-state index contributed by atoms with van der Waals surface area (Å²) < 4.78 is 8.56. The van der Waals surface area contributed by atoms with Gasteiger partial charge in [0.15, 0.2) is 0 Å². The Balaban J connectivity index is 1.60. The van der Waals surface area contributed by atoms with Gasteiger partial charge in [0.1, 0.15) is 12.4 Å². The first-order valence-electron chi connectivity index (χ1n) is 11.4. The average molecular weight is 408 g/mol. The molecule has 0 spiro atoms. The number of carbonyl (C=O) groups excluding carboxylic acids is 1. The summed E-state index contributed by atoms with van der Waals surface area (Å²) in [6.07, 6.45) is 8.55. The van der Waals surface area contributed by atoms with Crippen molar-refractivity contribution in [3.8, 4) is 0 Å². The van der Waals surface area contributed by atoms with Crippen LogP contribution in [0.15, 0.2) is 4.79 Å². The third-order valence-corrected chi connectivity index (χ3v) is 5.99. The molecule has 2 aliphatic rings. The maximum atomic E-state index is 13.1. The summed E-state index contributed by atoms with van der Waals surface area (Å²) in [7, 11) is 0. The van der Waals surface area contributed by atoms with Gasteiger partial charge in [-0.3, -0.25) is 14.3 Å². The summed E-state index contributed by atoms with van der Waals surface area (Å²) in [5, 5.41) is 4.49. The van der Waals surface area contributed by atoms with Crippen molar-refractivity contribution in [2.45, 2.75) is 71.4 Å². The van der Waals surface area contributed by atoms with E-state index < -0.39 is 0 Å². The maximum Gasteiger partial charge on any atom is 0.346 e. The molecule has 8 nitrogen and oxygen atoms in total. The lowest BCUT2D eigenvalue weighted by molar-refractivity contribution is -0.132. The lowest BCUT2D eigenvalue weighted by atomic mass is 10.2. The van der Waals surface area contributed by atoms with Crippen LogP contribution in [0, 0.1) is 0 Å². The van der Waals surface area contributed by atoms with Gasteiger partial charge in [-0.25, -0.2) is 9.48 Å². The van der Waals surface area contributed by atoms with Crippen LogP contribution in [0.4, 0.5) is 0 Å². The number of nitrogens with zero attached hydrogens (tertiary/aromatic N) is 5. The van der Waals surface area contributed by atoms with Gasteiger partial charge < -0.3 is 9.64 Å². The molecule has 2 aliphatic heterocycles. The molecule has 8 heteroatoms. The minimum atomic E-state index is -0.130. The molecule has 29 heavy (non-hydrogen) atoms. The third kappa shape index (κ3) is 6.40. The van der Waals surface area contributed by atoms with E-state index in [1.807, 2.05) is 4.90 Å². The number of ether oxygens (including phenoxy) is 1. The quantitative estimate of drug-likeness (QED) is 0.550. The number of aryl methyl sites for hydroxylation is 1. The van der Waals surface area contributed by atoms with Crippen molar-refractivity contribution in [2.75, 3.05) is 45.9 Å². The Morgan fingerprint density at radius 1 is 1.07 bits per heavy atom. The molecule has 0 aliphatic carbocycles. The molecular weight excluding hydrogens is 370 g/mol. The molecule has 3 heterocycles. The first-order valence-corrected chi connectivity index (χ1v) is 11.4. The van der Waals surface area contributed by atoms with E-state index >= 15 is 0 Å². The van der Waals surface area contributed by atoms with E-state index in [-0.39, 0.29) is 18.1 Å². The van der Waals surface area contributed by atoms with Crippen molar-refractivity contribution in [3.63, 3.8) is 0 Å². The standard InChI is InChI=1S/C21H37N5O3/c1-2-3-4-7-10-24(13-12-23-14-16-29-17-15-23)20(27)18-26-21(28)25-11-8-5-6-9-19(25)22-26/h2-18H2,1H3. The van der Waals surface area contributed by atoms with E-state index in [9.17, 15) is 9.59 Å². The molecule has 0 unspecified atom stereocenters. The number of fused-ring (bicyclic) bond motifs is 1. The number of amides is 1. The van der Waals surface area contributed by atoms with E-state index in [0.717, 1.165) is 90.3 Å². The third-order valence-electron chi connectivity index (χ3n) is 5.99. The smallest absolute Gasteiger partial charge is 0.346 e. The van der Waals surface area contributed by atoms with Gasteiger partial charge in [-0.15, -0.1) is 0 Å². The van der Waals surface area contributed by atoms with Gasteiger partial charge in [0, 0.05) is 45.7 Å². The number of aromatic nitrogens is 3. The van der Waals surface area contributed by atoms with Crippen molar-refractivity contribution in [1.82, 2.24) is 24.1 Å². The molecule has 1 aromatic heterocycles. The highest BCUT2D eigenvalue weighted by molar-refractivity contribution is 5.75. The van der Waals surface area contributed by atoms with Crippen LogP contribution >= 0.6 is 0 Å². The number of unbranched alkanes of at least 4 members (excludes halogenated alkanes) is 3. The van der Waals surface area contributed by atoms with Crippen LogP contribution < -0.4 is 5.69 Å².